The Labute approximate surface area is 178 Å². The Hall–Kier alpha value is -3.12. The van der Waals surface area contributed by atoms with Crippen molar-refractivity contribution in [1.29, 1.82) is 0 Å². The van der Waals surface area contributed by atoms with Crippen molar-refractivity contribution in [2.45, 2.75) is 37.5 Å². The molecule has 2 bridgehead atoms. The molecule has 0 saturated carbocycles. The molecule has 0 heteroatoms. The molecule has 4 aromatic carbocycles. The van der Waals surface area contributed by atoms with E-state index in [-0.39, 0.29) is 0 Å². The van der Waals surface area contributed by atoms with E-state index in [0.29, 0.717) is 23.7 Å². The minimum atomic E-state index is 0.354. The van der Waals surface area contributed by atoms with Crippen LogP contribution in [0.5, 0.6) is 0 Å². The molecule has 8 rings (SSSR count). The minimum absolute atomic E-state index is 0.354. The molecule has 0 aliphatic heterocycles. The van der Waals surface area contributed by atoms with E-state index >= 15 is 0 Å². The van der Waals surface area contributed by atoms with Gasteiger partial charge in [0.25, 0.3) is 0 Å². The van der Waals surface area contributed by atoms with E-state index in [1.165, 1.54) is 44.5 Å². The molecule has 2 atom stereocenters. The average Bonchev–Trinajstić information content (AvgIpc) is 2.81. The van der Waals surface area contributed by atoms with E-state index in [1.54, 1.807) is 11.1 Å². The van der Waals surface area contributed by atoms with Crippen LogP contribution < -0.4 is 0 Å². The standard InChI is InChI=1S/C30H24/c1-17-19-9-3-4-10-20(19)18(2)27-21(17)15-16-26-28-22-11-5-7-13-24(22)29(30(26)27)25-14-8-6-12-23(25)28/h3-18,28-29H,1-2H3. The smallest absolute Gasteiger partial charge is 0.0352 e. The maximum atomic E-state index is 2.45. The van der Waals surface area contributed by atoms with Crippen LogP contribution in [0.4, 0.5) is 0 Å². The van der Waals surface area contributed by atoms with Crippen LogP contribution in [-0.4, -0.2) is 0 Å². The Morgan fingerprint density at radius 3 is 1.37 bits per heavy atom. The zero-order valence-corrected chi connectivity index (χ0v) is 17.4. The van der Waals surface area contributed by atoms with Crippen LogP contribution in [0.3, 0.4) is 0 Å². The first kappa shape index (κ1) is 16.7. The van der Waals surface area contributed by atoms with Crippen LogP contribution >= 0.6 is 0 Å². The van der Waals surface area contributed by atoms with Crippen LogP contribution in [0.15, 0.2) is 84.9 Å². The molecule has 144 valence electrons. The van der Waals surface area contributed by atoms with Gasteiger partial charge in [0.2, 0.25) is 0 Å². The van der Waals surface area contributed by atoms with Gasteiger partial charge in [-0.15, -0.1) is 0 Å². The zero-order valence-electron chi connectivity index (χ0n) is 17.4. The third-order valence-corrected chi connectivity index (χ3v) is 8.02. The molecule has 0 saturated heterocycles. The number of rotatable bonds is 0. The van der Waals surface area contributed by atoms with Crippen molar-refractivity contribution in [2.24, 2.45) is 0 Å². The van der Waals surface area contributed by atoms with E-state index in [2.05, 4.69) is 98.8 Å². The lowest BCUT2D eigenvalue weighted by Crippen LogP contribution is -2.30. The Morgan fingerprint density at radius 2 is 0.800 bits per heavy atom. The Balaban J connectivity index is 1.57. The van der Waals surface area contributed by atoms with E-state index in [0.717, 1.165) is 0 Å². The highest BCUT2D eigenvalue weighted by molar-refractivity contribution is 5.72. The third-order valence-electron chi connectivity index (χ3n) is 8.02. The van der Waals surface area contributed by atoms with Gasteiger partial charge in [-0.05, 0) is 55.6 Å². The Morgan fingerprint density at radius 1 is 0.367 bits per heavy atom. The summed E-state index contributed by atoms with van der Waals surface area (Å²) in [4.78, 5) is 0. The van der Waals surface area contributed by atoms with Crippen LogP contribution in [0.25, 0.3) is 0 Å². The highest BCUT2D eigenvalue weighted by Gasteiger charge is 2.44. The van der Waals surface area contributed by atoms with Crippen molar-refractivity contribution >= 4 is 0 Å². The van der Waals surface area contributed by atoms with Crippen LogP contribution in [0, 0.1) is 0 Å². The van der Waals surface area contributed by atoms with Gasteiger partial charge >= 0.3 is 0 Å². The summed E-state index contributed by atoms with van der Waals surface area (Å²) in [6, 6.07) is 32.3. The van der Waals surface area contributed by atoms with Crippen LogP contribution in [-0.2, 0) is 0 Å². The first-order chi connectivity index (χ1) is 14.8. The van der Waals surface area contributed by atoms with E-state index < -0.39 is 0 Å². The fourth-order valence-electron chi connectivity index (χ4n) is 6.78. The first-order valence-electron chi connectivity index (χ1n) is 11.2. The van der Waals surface area contributed by atoms with Crippen molar-refractivity contribution in [3.05, 3.63) is 141 Å². The summed E-state index contributed by atoms with van der Waals surface area (Å²) < 4.78 is 0. The fourth-order valence-corrected chi connectivity index (χ4v) is 6.78. The van der Waals surface area contributed by atoms with E-state index in [9.17, 15) is 0 Å². The van der Waals surface area contributed by atoms with Gasteiger partial charge in [-0.2, -0.15) is 0 Å². The summed E-state index contributed by atoms with van der Waals surface area (Å²) in [5.41, 5.74) is 15.3. The lowest BCUT2D eigenvalue weighted by molar-refractivity contribution is 0.700. The molecule has 0 fully saturated rings. The molecular formula is C30H24. The number of fused-ring (bicyclic) bond motifs is 2. The quantitative estimate of drug-likeness (QED) is 0.258. The summed E-state index contributed by atoms with van der Waals surface area (Å²) in [5.74, 6) is 1.60. The minimum Gasteiger partial charge on any atom is -0.0620 e. The van der Waals surface area contributed by atoms with Gasteiger partial charge < -0.3 is 0 Å². The fraction of sp³-hybridized carbons (Fsp3) is 0.200. The normalized spacial score (nSPS) is 24.3. The number of hydrogen-bond donors (Lipinski definition) is 0. The third kappa shape index (κ3) is 1.88. The summed E-state index contributed by atoms with van der Waals surface area (Å²) in [5, 5.41) is 0. The molecule has 0 aromatic heterocycles. The van der Waals surface area contributed by atoms with Crippen LogP contribution in [0.1, 0.15) is 93.2 Å². The molecule has 0 radical (unpaired) electrons. The molecular weight excluding hydrogens is 360 g/mol. The van der Waals surface area contributed by atoms with Crippen molar-refractivity contribution in [3.63, 3.8) is 0 Å². The molecule has 0 N–H and O–H groups in total. The van der Waals surface area contributed by atoms with Gasteiger partial charge in [0, 0.05) is 23.7 Å². The Bertz CT molecular complexity index is 1290. The summed E-state index contributed by atoms with van der Waals surface area (Å²) in [7, 11) is 0. The van der Waals surface area contributed by atoms with Gasteiger partial charge in [-0.3, -0.25) is 0 Å². The molecule has 2 unspecified atom stereocenters. The summed E-state index contributed by atoms with van der Waals surface area (Å²) in [6.07, 6.45) is 0. The summed E-state index contributed by atoms with van der Waals surface area (Å²) in [6.45, 7) is 4.81. The molecule has 30 heavy (non-hydrogen) atoms. The van der Waals surface area contributed by atoms with Crippen molar-refractivity contribution in [1.82, 2.24) is 0 Å². The lowest BCUT2D eigenvalue weighted by atomic mass is 9.57. The first-order valence-corrected chi connectivity index (χ1v) is 11.2. The largest absolute Gasteiger partial charge is 0.0620 e. The molecule has 4 aliphatic rings. The highest BCUT2D eigenvalue weighted by Crippen LogP contribution is 2.59. The average molecular weight is 385 g/mol. The molecule has 0 spiro atoms. The van der Waals surface area contributed by atoms with Crippen molar-refractivity contribution < 1.29 is 0 Å². The van der Waals surface area contributed by atoms with Crippen molar-refractivity contribution in [3.8, 4) is 0 Å². The molecule has 0 nitrogen and oxygen atoms in total. The van der Waals surface area contributed by atoms with Gasteiger partial charge in [0.1, 0.15) is 0 Å². The van der Waals surface area contributed by atoms with Gasteiger partial charge in [0.05, 0.1) is 0 Å². The molecule has 0 heterocycles. The van der Waals surface area contributed by atoms with Crippen molar-refractivity contribution in [2.75, 3.05) is 0 Å². The van der Waals surface area contributed by atoms with Gasteiger partial charge in [0.15, 0.2) is 0 Å². The number of hydrogen-bond acceptors (Lipinski definition) is 0. The molecule has 0 amide bonds. The maximum absolute atomic E-state index is 2.45. The SMILES string of the molecule is CC1c2ccccc2C(C)c2c1ccc1c2C2c3ccccc3C1c1ccccc12. The second-order valence-corrected chi connectivity index (χ2v) is 9.27. The second kappa shape index (κ2) is 5.73. The maximum Gasteiger partial charge on any atom is 0.0352 e. The molecule has 4 aliphatic carbocycles. The predicted octanol–water partition coefficient (Wildman–Crippen LogP) is 7.29. The zero-order chi connectivity index (χ0) is 20.0. The van der Waals surface area contributed by atoms with Gasteiger partial charge in [-0.25, -0.2) is 0 Å². The number of benzene rings is 4. The lowest BCUT2D eigenvalue weighted by Gasteiger charge is -2.45. The summed E-state index contributed by atoms with van der Waals surface area (Å²) >= 11 is 0. The van der Waals surface area contributed by atoms with Crippen LogP contribution in [0.2, 0.25) is 0 Å². The Kier molecular flexibility index (Phi) is 3.18. The predicted molar refractivity (Wildman–Crippen MR) is 123 cm³/mol. The van der Waals surface area contributed by atoms with Gasteiger partial charge in [-0.1, -0.05) is 98.8 Å². The van der Waals surface area contributed by atoms with E-state index in [1.807, 2.05) is 0 Å². The highest BCUT2D eigenvalue weighted by atomic mass is 14.5. The molecule has 4 aromatic rings. The monoisotopic (exact) mass is 384 g/mol. The topological polar surface area (TPSA) is 0 Å². The second-order valence-electron chi connectivity index (χ2n) is 9.27. The van der Waals surface area contributed by atoms with E-state index in [4.69, 9.17) is 0 Å².